The number of sulfonamides is 1. The van der Waals surface area contributed by atoms with Gasteiger partial charge in [-0.25, -0.2) is 8.42 Å². The Morgan fingerprint density at radius 2 is 1.46 bits per heavy atom. The zero-order valence-corrected chi connectivity index (χ0v) is 21.9. The molecule has 1 aliphatic rings. The highest BCUT2D eigenvalue weighted by Gasteiger charge is 2.31. The zero-order chi connectivity index (χ0) is 25.2. The fraction of sp³-hybridized carbons (Fsp3) is 0.269. The van der Waals surface area contributed by atoms with Crippen molar-refractivity contribution in [3.05, 3.63) is 87.9 Å². The van der Waals surface area contributed by atoms with Gasteiger partial charge in [-0.3, -0.25) is 9.10 Å². The zero-order valence-electron chi connectivity index (χ0n) is 19.6. The Labute approximate surface area is 216 Å². The summed E-state index contributed by atoms with van der Waals surface area (Å²) in [4.78, 5) is 17.4. The molecule has 4 rings (SSSR count). The molecule has 0 radical (unpaired) electrons. The molecule has 1 heterocycles. The van der Waals surface area contributed by atoms with Gasteiger partial charge in [-0.15, -0.1) is 0 Å². The van der Waals surface area contributed by atoms with E-state index >= 15 is 0 Å². The first-order valence-electron chi connectivity index (χ1n) is 11.3. The summed E-state index contributed by atoms with van der Waals surface area (Å²) in [7, 11) is -3.99. The van der Waals surface area contributed by atoms with Gasteiger partial charge in [0.05, 0.1) is 10.6 Å². The second-order valence-corrected chi connectivity index (χ2v) is 11.3. The molecular formula is C26H27Cl2N3O3S. The predicted molar refractivity (Wildman–Crippen MR) is 142 cm³/mol. The Morgan fingerprint density at radius 1 is 0.857 bits per heavy atom. The fourth-order valence-corrected chi connectivity index (χ4v) is 6.04. The van der Waals surface area contributed by atoms with Crippen molar-refractivity contribution in [1.82, 2.24) is 4.90 Å². The lowest BCUT2D eigenvalue weighted by Gasteiger charge is -2.38. The molecule has 0 aromatic heterocycles. The van der Waals surface area contributed by atoms with Crippen LogP contribution in [0.3, 0.4) is 0 Å². The molecule has 0 unspecified atom stereocenters. The normalized spacial score (nSPS) is 14.2. The van der Waals surface area contributed by atoms with Crippen LogP contribution >= 0.6 is 23.2 Å². The lowest BCUT2D eigenvalue weighted by molar-refractivity contribution is -0.129. The SMILES string of the molecule is Cc1ccc(Cl)cc1N1CCN(C(=O)CN(c2cc(Cl)ccc2C)S(=O)(=O)c2ccccc2)CC1. The number of rotatable bonds is 6. The van der Waals surface area contributed by atoms with E-state index in [1.54, 1.807) is 48.2 Å². The summed E-state index contributed by atoms with van der Waals surface area (Å²) >= 11 is 12.4. The molecule has 1 amide bonds. The molecule has 184 valence electrons. The standard InChI is InChI=1S/C26H27Cl2N3O3S/c1-19-8-10-21(27)16-24(19)29-12-14-30(15-13-29)26(32)18-31(25-17-22(28)11-9-20(25)2)35(33,34)23-6-4-3-5-7-23/h3-11,16-17H,12-15,18H2,1-2H3. The van der Waals surface area contributed by atoms with E-state index in [0.717, 1.165) is 11.3 Å². The topological polar surface area (TPSA) is 60.9 Å². The first-order chi connectivity index (χ1) is 16.7. The van der Waals surface area contributed by atoms with Gasteiger partial charge in [-0.2, -0.15) is 0 Å². The molecule has 35 heavy (non-hydrogen) atoms. The van der Waals surface area contributed by atoms with Crippen molar-refractivity contribution in [2.45, 2.75) is 18.7 Å². The summed E-state index contributed by atoms with van der Waals surface area (Å²) in [5, 5.41) is 1.07. The molecule has 6 nitrogen and oxygen atoms in total. The summed E-state index contributed by atoms with van der Waals surface area (Å²) in [5.41, 5.74) is 3.27. The maximum absolute atomic E-state index is 13.6. The number of nitrogens with zero attached hydrogens (tertiary/aromatic N) is 3. The number of carbonyl (C=O) groups excluding carboxylic acids is 1. The molecule has 1 saturated heterocycles. The second kappa shape index (κ2) is 10.5. The van der Waals surface area contributed by atoms with Gasteiger partial charge >= 0.3 is 0 Å². The van der Waals surface area contributed by atoms with Crippen LogP contribution in [-0.4, -0.2) is 51.9 Å². The average molecular weight is 532 g/mol. The number of hydrogen-bond acceptors (Lipinski definition) is 4. The number of carbonyl (C=O) groups is 1. The molecule has 9 heteroatoms. The number of aryl methyl sites for hydroxylation is 2. The van der Waals surface area contributed by atoms with Gasteiger partial charge in [0.15, 0.2) is 0 Å². The van der Waals surface area contributed by atoms with Crippen LogP contribution in [0.2, 0.25) is 10.0 Å². The van der Waals surface area contributed by atoms with E-state index < -0.39 is 10.0 Å². The number of halogens is 2. The summed E-state index contributed by atoms with van der Waals surface area (Å²) in [6, 6.07) is 18.9. The van der Waals surface area contributed by atoms with Crippen molar-refractivity contribution < 1.29 is 13.2 Å². The molecule has 0 N–H and O–H groups in total. The van der Waals surface area contributed by atoms with Crippen LogP contribution in [0.25, 0.3) is 0 Å². The van der Waals surface area contributed by atoms with Crippen molar-refractivity contribution in [1.29, 1.82) is 0 Å². The van der Waals surface area contributed by atoms with Gasteiger partial charge in [0, 0.05) is 41.9 Å². The van der Waals surface area contributed by atoms with Crippen molar-refractivity contribution in [2.24, 2.45) is 0 Å². The van der Waals surface area contributed by atoms with E-state index in [9.17, 15) is 13.2 Å². The van der Waals surface area contributed by atoms with Crippen LogP contribution in [0.15, 0.2) is 71.6 Å². The predicted octanol–water partition coefficient (Wildman–Crippen LogP) is 5.15. The highest BCUT2D eigenvalue weighted by Crippen LogP contribution is 2.30. The lowest BCUT2D eigenvalue weighted by Crippen LogP contribution is -2.52. The number of benzene rings is 3. The Morgan fingerprint density at radius 3 is 2.11 bits per heavy atom. The summed E-state index contributed by atoms with van der Waals surface area (Å²) in [6.45, 7) is 5.76. The first-order valence-corrected chi connectivity index (χ1v) is 13.5. The Hall–Kier alpha value is -2.74. The lowest BCUT2D eigenvalue weighted by atomic mass is 10.1. The molecule has 0 saturated carbocycles. The maximum atomic E-state index is 13.6. The van der Waals surface area contributed by atoms with E-state index in [0.29, 0.717) is 47.5 Å². The summed E-state index contributed by atoms with van der Waals surface area (Å²) in [5.74, 6) is -0.258. The third-order valence-electron chi connectivity index (χ3n) is 6.19. The van der Waals surface area contributed by atoms with Gasteiger partial charge < -0.3 is 9.80 Å². The minimum absolute atomic E-state index is 0.119. The van der Waals surface area contributed by atoms with Crippen molar-refractivity contribution in [3.63, 3.8) is 0 Å². The van der Waals surface area contributed by atoms with Crippen LogP contribution in [0.4, 0.5) is 11.4 Å². The van der Waals surface area contributed by atoms with Crippen LogP contribution in [0.5, 0.6) is 0 Å². The van der Waals surface area contributed by atoms with Gasteiger partial charge in [0.2, 0.25) is 5.91 Å². The molecule has 1 aliphatic heterocycles. The molecule has 0 aliphatic carbocycles. The number of piperazine rings is 1. The molecule has 0 atom stereocenters. The first kappa shape index (κ1) is 25.4. The molecule has 0 spiro atoms. The second-order valence-electron chi connectivity index (χ2n) is 8.55. The fourth-order valence-electron chi connectivity index (χ4n) is 4.21. The Bertz CT molecular complexity index is 1320. The number of amides is 1. The monoisotopic (exact) mass is 531 g/mol. The van der Waals surface area contributed by atoms with E-state index in [-0.39, 0.29) is 17.3 Å². The van der Waals surface area contributed by atoms with Crippen molar-refractivity contribution in [2.75, 3.05) is 41.9 Å². The molecule has 3 aromatic carbocycles. The largest absolute Gasteiger partial charge is 0.368 e. The number of hydrogen-bond donors (Lipinski definition) is 0. The van der Waals surface area contributed by atoms with Crippen LogP contribution in [0, 0.1) is 13.8 Å². The van der Waals surface area contributed by atoms with Gasteiger partial charge in [0.25, 0.3) is 10.0 Å². The van der Waals surface area contributed by atoms with Crippen LogP contribution in [0.1, 0.15) is 11.1 Å². The van der Waals surface area contributed by atoms with Crippen molar-refractivity contribution in [3.8, 4) is 0 Å². The quantitative estimate of drug-likeness (QED) is 0.441. The van der Waals surface area contributed by atoms with E-state index in [2.05, 4.69) is 4.90 Å². The van der Waals surface area contributed by atoms with Gasteiger partial charge in [0.1, 0.15) is 6.54 Å². The van der Waals surface area contributed by atoms with Gasteiger partial charge in [-0.1, -0.05) is 53.5 Å². The minimum Gasteiger partial charge on any atom is -0.368 e. The minimum atomic E-state index is -3.99. The molecule has 0 bridgehead atoms. The summed E-state index contributed by atoms with van der Waals surface area (Å²) in [6.07, 6.45) is 0. The maximum Gasteiger partial charge on any atom is 0.264 e. The van der Waals surface area contributed by atoms with E-state index in [1.165, 1.54) is 16.4 Å². The van der Waals surface area contributed by atoms with Gasteiger partial charge in [-0.05, 0) is 61.4 Å². The smallest absolute Gasteiger partial charge is 0.264 e. The van der Waals surface area contributed by atoms with Crippen LogP contribution < -0.4 is 9.21 Å². The summed E-state index contributed by atoms with van der Waals surface area (Å²) < 4.78 is 28.4. The van der Waals surface area contributed by atoms with E-state index in [1.807, 2.05) is 25.1 Å². The molecule has 1 fully saturated rings. The Balaban J connectivity index is 1.56. The Kier molecular flexibility index (Phi) is 7.59. The molecule has 3 aromatic rings. The molecular weight excluding hydrogens is 505 g/mol. The third-order valence-corrected chi connectivity index (χ3v) is 8.44. The van der Waals surface area contributed by atoms with Crippen molar-refractivity contribution >= 4 is 50.5 Å². The third kappa shape index (κ3) is 5.58. The van der Waals surface area contributed by atoms with Crippen LogP contribution in [-0.2, 0) is 14.8 Å². The highest BCUT2D eigenvalue weighted by molar-refractivity contribution is 7.92. The number of anilines is 2. The average Bonchev–Trinajstić information content (AvgIpc) is 2.86. The van der Waals surface area contributed by atoms with E-state index in [4.69, 9.17) is 23.2 Å². The highest BCUT2D eigenvalue weighted by atomic mass is 35.5.